The molecule has 3 N–H and O–H groups in total. The van der Waals surface area contributed by atoms with Crippen LogP contribution in [0.4, 0.5) is 8.78 Å². The number of rotatable bonds is 4. The normalized spacial score (nSPS) is 22.2. The highest BCUT2D eigenvalue weighted by molar-refractivity contribution is 5.62. The van der Waals surface area contributed by atoms with Crippen molar-refractivity contribution >= 4 is 6.08 Å². The third-order valence-electron chi connectivity index (χ3n) is 5.72. The molecule has 0 aromatic heterocycles. The van der Waals surface area contributed by atoms with Crippen molar-refractivity contribution in [3.63, 3.8) is 0 Å². The van der Waals surface area contributed by atoms with E-state index in [0.717, 1.165) is 41.8 Å². The van der Waals surface area contributed by atoms with Crippen molar-refractivity contribution in [2.45, 2.75) is 19.3 Å². The summed E-state index contributed by atoms with van der Waals surface area (Å²) in [5, 5.41) is 9.81. The van der Waals surface area contributed by atoms with Gasteiger partial charge in [-0.1, -0.05) is 31.2 Å². The standard InChI is InChI=1S/C25H23F2N3O/c1-2-11-30-14-18(12-16-3-7-19(26)8-4-16)24-22(15-30)23(21(13-28)25(29)31-24)17-5-9-20(27)10-6-17/h3-10,12,23H,2,11,14-15,29H2,1H3/p+1/b18-12+/t23-/m1/s1. The Morgan fingerprint density at radius 1 is 1.10 bits per heavy atom. The number of nitrogens with one attached hydrogen (secondary N) is 1. The van der Waals surface area contributed by atoms with Crippen LogP contribution in [0.15, 0.2) is 76.9 Å². The second kappa shape index (κ2) is 8.75. The van der Waals surface area contributed by atoms with Gasteiger partial charge >= 0.3 is 0 Å². The van der Waals surface area contributed by atoms with E-state index in [0.29, 0.717) is 17.9 Å². The first-order chi connectivity index (χ1) is 15.0. The highest BCUT2D eigenvalue weighted by atomic mass is 19.1. The summed E-state index contributed by atoms with van der Waals surface area (Å²) >= 11 is 0. The first-order valence-corrected chi connectivity index (χ1v) is 10.4. The lowest BCUT2D eigenvalue weighted by Gasteiger charge is -2.36. The lowest BCUT2D eigenvalue weighted by Crippen LogP contribution is -3.13. The van der Waals surface area contributed by atoms with Gasteiger partial charge in [0.25, 0.3) is 0 Å². The first-order valence-electron chi connectivity index (χ1n) is 10.4. The molecule has 0 amide bonds. The van der Waals surface area contributed by atoms with Gasteiger partial charge in [0, 0.05) is 11.1 Å². The molecule has 1 unspecified atom stereocenters. The molecule has 2 atom stereocenters. The van der Waals surface area contributed by atoms with Gasteiger partial charge in [0.2, 0.25) is 5.88 Å². The molecule has 2 aliphatic rings. The van der Waals surface area contributed by atoms with E-state index in [4.69, 9.17) is 10.5 Å². The van der Waals surface area contributed by atoms with Crippen LogP contribution in [0.1, 0.15) is 30.4 Å². The molecule has 2 aromatic rings. The number of ether oxygens (including phenoxy) is 1. The van der Waals surface area contributed by atoms with Crippen molar-refractivity contribution in [1.82, 2.24) is 0 Å². The zero-order valence-electron chi connectivity index (χ0n) is 17.3. The van der Waals surface area contributed by atoms with Crippen LogP contribution in [0.3, 0.4) is 0 Å². The fraction of sp³-hybridized carbons (Fsp3) is 0.240. The Bertz CT molecular complexity index is 1110. The van der Waals surface area contributed by atoms with Gasteiger partial charge in [-0.05, 0) is 47.9 Å². The molecule has 0 fully saturated rings. The lowest BCUT2D eigenvalue weighted by atomic mass is 9.80. The highest BCUT2D eigenvalue weighted by Crippen LogP contribution is 2.41. The maximum absolute atomic E-state index is 13.6. The van der Waals surface area contributed by atoms with E-state index >= 15 is 0 Å². The number of quaternary nitrogens is 1. The minimum Gasteiger partial charge on any atom is -0.440 e. The van der Waals surface area contributed by atoms with Crippen molar-refractivity contribution in [2.75, 3.05) is 19.6 Å². The van der Waals surface area contributed by atoms with Crippen molar-refractivity contribution < 1.29 is 18.4 Å². The summed E-state index contributed by atoms with van der Waals surface area (Å²) in [6.45, 7) is 4.52. The summed E-state index contributed by atoms with van der Waals surface area (Å²) in [4.78, 5) is 1.34. The summed E-state index contributed by atoms with van der Waals surface area (Å²) in [6.07, 6.45) is 2.99. The zero-order valence-corrected chi connectivity index (χ0v) is 17.3. The van der Waals surface area contributed by atoms with Gasteiger partial charge in [-0.25, -0.2) is 8.78 Å². The SMILES string of the molecule is CCC[NH+]1CC2=C(OC(N)=C(C#N)[C@H]2c2ccc(F)cc2)/C(=C/c2ccc(F)cc2)C1. The number of allylic oxidation sites excluding steroid dienone is 1. The van der Waals surface area contributed by atoms with E-state index in [2.05, 4.69) is 13.0 Å². The van der Waals surface area contributed by atoms with Crippen LogP contribution in [-0.2, 0) is 4.74 Å². The second-order valence-electron chi connectivity index (χ2n) is 7.91. The fourth-order valence-corrected chi connectivity index (χ4v) is 4.36. The third kappa shape index (κ3) is 4.23. The predicted octanol–water partition coefficient (Wildman–Crippen LogP) is 3.42. The Hall–Kier alpha value is -3.43. The Morgan fingerprint density at radius 3 is 2.35 bits per heavy atom. The molecule has 0 bridgehead atoms. The molecule has 31 heavy (non-hydrogen) atoms. The maximum atomic E-state index is 13.6. The second-order valence-corrected chi connectivity index (χ2v) is 7.91. The number of hydrogen-bond donors (Lipinski definition) is 2. The molecule has 2 heterocycles. The highest BCUT2D eigenvalue weighted by Gasteiger charge is 2.39. The lowest BCUT2D eigenvalue weighted by molar-refractivity contribution is -0.892. The van der Waals surface area contributed by atoms with Crippen molar-refractivity contribution in [3.8, 4) is 6.07 Å². The Kier molecular flexibility index (Phi) is 5.88. The van der Waals surface area contributed by atoms with E-state index in [9.17, 15) is 14.0 Å². The number of halogens is 2. The smallest absolute Gasteiger partial charge is 0.205 e. The van der Waals surface area contributed by atoms with E-state index in [1.807, 2.05) is 6.08 Å². The number of benzene rings is 2. The Morgan fingerprint density at radius 2 is 1.74 bits per heavy atom. The quantitative estimate of drug-likeness (QED) is 0.797. The van der Waals surface area contributed by atoms with Gasteiger partial charge in [0.1, 0.15) is 42.1 Å². The molecule has 0 saturated heterocycles. The minimum absolute atomic E-state index is 0.0690. The van der Waals surface area contributed by atoms with E-state index in [1.165, 1.54) is 29.2 Å². The topological polar surface area (TPSA) is 63.5 Å². The molecule has 0 saturated carbocycles. The maximum Gasteiger partial charge on any atom is 0.205 e. The predicted molar refractivity (Wildman–Crippen MR) is 114 cm³/mol. The van der Waals surface area contributed by atoms with Gasteiger partial charge in [0.15, 0.2) is 0 Å². The monoisotopic (exact) mass is 420 g/mol. The number of nitriles is 1. The fourth-order valence-electron chi connectivity index (χ4n) is 4.36. The largest absolute Gasteiger partial charge is 0.440 e. The van der Waals surface area contributed by atoms with Crippen LogP contribution < -0.4 is 10.6 Å². The van der Waals surface area contributed by atoms with Gasteiger partial charge in [-0.15, -0.1) is 0 Å². The summed E-state index contributed by atoms with van der Waals surface area (Å²) in [6, 6.07) is 14.7. The van der Waals surface area contributed by atoms with Crippen LogP contribution >= 0.6 is 0 Å². The van der Waals surface area contributed by atoms with E-state index in [1.54, 1.807) is 24.3 Å². The molecule has 2 aromatic carbocycles. The first kappa shape index (κ1) is 20.8. The summed E-state index contributed by atoms with van der Waals surface area (Å²) in [5.41, 5.74) is 10.1. The summed E-state index contributed by atoms with van der Waals surface area (Å²) in [5.74, 6) is -0.285. The van der Waals surface area contributed by atoms with Gasteiger partial charge in [0.05, 0.1) is 12.5 Å². The summed E-state index contributed by atoms with van der Waals surface area (Å²) in [7, 11) is 0. The van der Waals surface area contributed by atoms with Crippen molar-refractivity contribution in [1.29, 1.82) is 5.26 Å². The molecule has 2 aliphatic heterocycles. The average molecular weight is 420 g/mol. The Labute approximate surface area is 180 Å². The molecular weight excluding hydrogens is 396 g/mol. The Balaban J connectivity index is 1.85. The van der Waals surface area contributed by atoms with Crippen LogP contribution in [0, 0.1) is 23.0 Å². The van der Waals surface area contributed by atoms with Crippen molar-refractivity contribution in [3.05, 3.63) is 99.7 Å². The number of nitrogens with zero attached hydrogens (tertiary/aromatic N) is 1. The van der Waals surface area contributed by atoms with Crippen LogP contribution in [-0.4, -0.2) is 19.6 Å². The molecule has 158 valence electrons. The number of hydrogen-bond acceptors (Lipinski definition) is 3. The van der Waals surface area contributed by atoms with Crippen LogP contribution in [0.25, 0.3) is 6.08 Å². The van der Waals surface area contributed by atoms with Gasteiger partial charge in [-0.2, -0.15) is 5.26 Å². The molecule has 0 radical (unpaired) electrons. The van der Waals surface area contributed by atoms with Gasteiger partial charge in [-0.3, -0.25) is 0 Å². The molecule has 6 heteroatoms. The van der Waals surface area contributed by atoms with Crippen LogP contribution in [0.2, 0.25) is 0 Å². The number of nitrogens with two attached hydrogens (primary N) is 1. The molecule has 0 spiro atoms. The molecule has 4 rings (SSSR count). The zero-order chi connectivity index (χ0) is 22.0. The van der Waals surface area contributed by atoms with Crippen molar-refractivity contribution in [2.24, 2.45) is 5.73 Å². The average Bonchev–Trinajstić information content (AvgIpc) is 2.76. The van der Waals surface area contributed by atoms with E-state index in [-0.39, 0.29) is 17.5 Å². The molecule has 0 aliphatic carbocycles. The minimum atomic E-state index is -0.391. The van der Waals surface area contributed by atoms with E-state index < -0.39 is 5.92 Å². The van der Waals surface area contributed by atoms with Gasteiger partial charge < -0.3 is 15.4 Å². The third-order valence-corrected chi connectivity index (χ3v) is 5.72. The van der Waals surface area contributed by atoms with Crippen LogP contribution in [0.5, 0.6) is 0 Å². The molecular formula is C25H24F2N3O+. The molecule has 4 nitrogen and oxygen atoms in total. The summed E-state index contributed by atoms with van der Waals surface area (Å²) < 4.78 is 32.9.